The maximum Gasteiger partial charge on any atom is 0.275 e. The van der Waals surface area contributed by atoms with Crippen molar-refractivity contribution in [1.29, 1.82) is 0 Å². The zero-order valence-corrected chi connectivity index (χ0v) is 11.0. The highest BCUT2D eigenvalue weighted by Crippen LogP contribution is 2.19. The van der Waals surface area contributed by atoms with Gasteiger partial charge in [0.1, 0.15) is 5.69 Å². The van der Waals surface area contributed by atoms with Crippen LogP contribution in [0.1, 0.15) is 16.2 Å². The molecule has 2 aromatic rings. The number of carbonyl (C=O) groups is 1. The van der Waals surface area contributed by atoms with Gasteiger partial charge in [0.05, 0.1) is 11.9 Å². The zero-order chi connectivity index (χ0) is 13.0. The summed E-state index contributed by atoms with van der Waals surface area (Å²) in [5, 5.41) is 2.80. The first-order chi connectivity index (χ1) is 8.69. The average molecular weight is 259 g/mol. The summed E-state index contributed by atoms with van der Waals surface area (Å²) < 4.78 is 0. The second kappa shape index (κ2) is 5.64. The minimum absolute atomic E-state index is 0.249. The number of thioether (sulfide) groups is 1. The first kappa shape index (κ1) is 12.6. The van der Waals surface area contributed by atoms with Crippen LogP contribution in [-0.4, -0.2) is 22.1 Å². The Hall–Kier alpha value is -1.88. The van der Waals surface area contributed by atoms with Gasteiger partial charge in [-0.15, -0.1) is 11.8 Å². The van der Waals surface area contributed by atoms with Crippen molar-refractivity contribution in [3.63, 3.8) is 0 Å². The number of rotatable bonds is 3. The van der Waals surface area contributed by atoms with Crippen molar-refractivity contribution in [3.05, 3.63) is 48.0 Å². The number of carbonyl (C=O) groups excluding carboxylic acids is 1. The van der Waals surface area contributed by atoms with E-state index >= 15 is 0 Å². The van der Waals surface area contributed by atoms with Gasteiger partial charge in [-0.2, -0.15) is 0 Å². The lowest BCUT2D eigenvalue weighted by atomic mass is 10.3. The van der Waals surface area contributed by atoms with E-state index < -0.39 is 0 Å². The highest BCUT2D eigenvalue weighted by atomic mass is 32.2. The van der Waals surface area contributed by atoms with E-state index in [-0.39, 0.29) is 5.91 Å². The lowest BCUT2D eigenvalue weighted by Gasteiger charge is -2.05. The number of nitrogens with one attached hydrogen (secondary N) is 1. The minimum atomic E-state index is -0.249. The third-order valence-corrected chi connectivity index (χ3v) is 3.07. The molecule has 2 rings (SSSR count). The molecule has 0 saturated heterocycles. The Morgan fingerprint density at radius 2 is 2.11 bits per heavy atom. The van der Waals surface area contributed by atoms with Crippen LogP contribution in [-0.2, 0) is 0 Å². The molecule has 0 bridgehead atoms. The standard InChI is InChI=1S/C13H13N3OS/c1-9-7-15-12(8-14-9)13(17)16-10-4-3-5-11(6-10)18-2/h3-8H,1-2H3,(H,16,17). The van der Waals surface area contributed by atoms with E-state index in [2.05, 4.69) is 15.3 Å². The molecule has 1 heterocycles. The Kier molecular flexibility index (Phi) is 3.94. The van der Waals surface area contributed by atoms with Crippen molar-refractivity contribution in [2.24, 2.45) is 0 Å². The summed E-state index contributed by atoms with van der Waals surface area (Å²) in [5.41, 5.74) is 1.86. The van der Waals surface area contributed by atoms with Crippen molar-refractivity contribution >= 4 is 23.4 Å². The highest BCUT2D eigenvalue weighted by Gasteiger charge is 2.07. The topological polar surface area (TPSA) is 54.9 Å². The van der Waals surface area contributed by atoms with Crippen LogP contribution in [0.3, 0.4) is 0 Å². The summed E-state index contributed by atoms with van der Waals surface area (Å²) in [4.78, 5) is 21.1. The molecule has 0 unspecified atom stereocenters. The fraction of sp³-hybridized carbons (Fsp3) is 0.154. The van der Waals surface area contributed by atoms with Crippen molar-refractivity contribution in [1.82, 2.24) is 9.97 Å². The number of aromatic nitrogens is 2. The molecule has 0 aliphatic carbocycles. The summed E-state index contributed by atoms with van der Waals surface area (Å²) in [6.07, 6.45) is 5.04. The number of amides is 1. The molecule has 0 atom stereocenters. The number of hydrogen-bond acceptors (Lipinski definition) is 4. The van der Waals surface area contributed by atoms with Crippen LogP contribution >= 0.6 is 11.8 Å². The summed E-state index contributed by atoms with van der Waals surface area (Å²) in [6.45, 7) is 1.83. The Balaban J connectivity index is 2.13. The molecule has 92 valence electrons. The summed E-state index contributed by atoms with van der Waals surface area (Å²) >= 11 is 1.63. The molecule has 0 spiro atoms. The van der Waals surface area contributed by atoms with E-state index in [1.54, 1.807) is 18.0 Å². The maximum atomic E-state index is 11.9. The monoisotopic (exact) mass is 259 g/mol. The molecule has 4 nitrogen and oxygen atoms in total. The van der Waals surface area contributed by atoms with Crippen molar-refractivity contribution < 1.29 is 4.79 Å². The number of nitrogens with zero attached hydrogens (tertiary/aromatic N) is 2. The van der Waals surface area contributed by atoms with E-state index in [4.69, 9.17) is 0 Å². The van der Waals surface area contributed by atoms with Crippen LogP contribution in [0.15, 0.2) is 41.6 Å². The van der Waals surface area contributed by atoms with E-state index in [0.717, 1.165) is 16.3 Å². The molecular formula is C13H13N3OS. The van der Waals surface area contributed by atoms with Gasteiger partial charge >= 0.3 is 0 Å². The van der Waals surface area contributed by atoms with Crippen LogP contribution in [0.25, 0.3) is 0 Å². The van der Waals surface area contributed by atoms with Gasteiger partial charge < -0.3 is 5.32 Å². The SMILES string of the molecule is CSc1cccc(NC(=O)c2cnc(C)cn2)c1. The molecule has 1 aromatic carbocycles. The minimum Gasteiger partial charge on any atom is -0.321 e. The Labute approximate surface area is 110 Å². The first-order valence-electron chi connectivity index (χ1n) is 5.43. The molecule has 5 heteroatoms. The van der Waals surface area contributed by atoms with Crippen LogP contribution in [0, 0.1) is 6.92 Å². The lowest BCUT2D eigenvalue weighted by molar-refractivity contribution is 0.102. The smallest absolute Gasteiger partial charge is 0.275 e. The first-order valence-corrected chi connectivity index (χ1v) is 6.65. The van der Waals surface area contributed by atoms with Crippen molar-refractivity contribution in [2.75, 3.05) is 11.6 Å². The maximum absolute atomic E-state index is 11.9. The quantitative estimate of drug-likeness (QED) is 0.861. The van der Waals surface area contributed by atoms with Crippen LogP contribution in [0.2, 0.25) is 0 Å². The largest absolute Gasteiger partial charge is 0.321 e. The number of anilines is 1. The Morgan fingerprint density at radius 1 is 1.28 bits per heavy atom. The Bertz CT molecular complexity index is 554. The molecule has 0 radical (unpaired) electrons. The van der Waals surface area contributed by atoms with Gasteiger partial charge in [-0.1, -0.05) is 6.07 Å². The average Bonchev–Trinajstić information content (AvgIpc) is 2.39. The van der Waals surface area contributed by atoms with Gasteiger partial charge in [-0.3, -0.25) is 9.78 Å². The number of aryl methyl sites for hydroxylation is 1. The van der Waals surface area contributed by atoms with Gasteiger partial charge in [0.25, 0.3) is 5.91 Å². The molecule has 0 saturated carbocycles. The molecule has 0 aliphatic rings. The van der Waals surface area contributed by atoms with Crippen LogP contribution in [0.5, 0.6) is 0 Å². The fourth-order valence-corrected chi connectivity index (χ4v) is 1.87. The van der Waals surface area contributed by atoms with E-state index in [9.17, 15) is 4.79 Å². The second-order valence-electron chi connectivity index (χ2n) is 3.73. The van der Waals surface area contributed by atoms with Crippen molar-refractivity contribution in [2.45, 2.75) is 11.8 Å². The van der Waals surface area contributed by atoms with Crippen LogP contribution in [0.4, 0.5) is 5.69 Å². The van der Waals surface area contributed by atoms with Gasteiger partial charge in [0.15, 0.2) is 0 Å². The van der Waals surface area contributed by atoms with Gasteiger partial charge in [0.2, 0.25) is 0 Å². The zero-order valence-electron chi connectivity index (χ0n) is 10.2. The third kappa shape index (κ3) is 3.07. The predicted molar refractivity (Wildman–Crippen MR) is 72.9 cm³/mol. The third-order valence-electron chi connectivity index (χ3n) is 2.34. The molecule has 0 aliphatic heterocycles. The molecule has 1 N–H and O–H groups in total. The Morgan fingerprint density at radius 3 is 2.78 bits per heavy atom. The highest BCUT2D eigenvalue weighted by molar-refractivity contribution is 7.98. The number of hydrogen-bond donors (Lipinski definition) is 1. The molecule has 0 fully saturated rings. The van der Waals surface area contributed by atoms with Gasteiger partial charge in [-0.25, -0.2) is 4.98 Å². The van der Waals surface area contributed by atoms with E-state index in [0.29, 0.717) is 5.69 Å². The summed E-state index contributed by atoms with van der Waals surface area (Å²) in [5.74, 6) is -0.249. The van der Waals surface area contributed by atoms with Gasteiger partial charge in [-0.05, 0) is 31.4 Å². The molecular weight excluding hydrogens is 246 g/mol. The van der Waals surface area contributed by atoms with Crippen LogP contribution < -0.4 is 5.32 Å². The predicted octanol–water partition coefficient (Wildman–Crippen LogP) is 2.76. The van der Waals surface area contributed by atoms with Crippen molar-refractivity contribution in [3.8, 4) is 0 Å². The van der Waals surface area contributed by atoms with E-state index in [1.807, 2.05) is 37.4 Å². The number of benzene rings is 1. The van der Waals surface area contributed by atoms with E-state index in [1.165, 1.54) is 6.20 Å². The summed E-state index contributed by atoms with van der Waals surface area (Å²) in [6, 6.07) is 7.66. The summed E-state index contributed by atoms with van der Waals surface area (Å²) in [7, 11) is 0. The molecule has 1 aromatic heterocycles. The fourth-order valence-electron chi connectivity index (χ4n) is 1.41. The second-order valence-corrected chi connectivity index (χ2v) is 4.61. The van der Waals surface area contributed by atoms with Gasteiger partial charge in [0, 0.05) is 16.8 Å². The lowest BCUT2D eigenvalue weighted by Crippen LogP contribution is -2.14. The molecule has 1 amide bonds. The normalized spacial score (nSPS) is 10.1. The molecule has 18 heavy (non-hydrogen) atoms.